The van der Waals surface area contributed by atoms with Crippen LogP contribution in [-0.2, 0) is 19.6 Å². The van der Waals surface area contributed by atoms with E-state index in [0.29, 0.717) is 24.4 Å². The molecule has 0 saturated carbocycles. The Labute approximate surface area is 168 Å². The van der Waals surface area contributed by atoms with Crippen molar-refractivity contribution in [3.8, 4) is 0 Å². The Morgan fingerprint density at radius 1 is 1.14 bits per heavy atom. The number of benzene rings is 2. The summed E-state index contributed by atoms with van der Waals surface area (Å²) in [4.78, 5) is 24.3. The monoisotopic (exact) mass is 386 g/mol. The molecule has 0 atom stereocenters. The molecule has 0 radical (unpaired) electrons. The first kappa shape index (κ1) is 18.8. The maximum absolute atomic E-state index is 12.5. The summed E-state index contributed by atoms with van der Waals surface area (Å²) in [5, 5.41) is 13.5. The number of nitrogens with zero attached hydrogens (tertiary/aromatic N) is 2. The summed E-state index contributed by atoms with van der Waals surface area (Å²) >= 11 is 0. The maximum Gasteiger partial charge on any atom is 0.251 e. The molecular formula is C23H22N4O2. The second-order valence-corrected chi connectivity index (χ2v) is 6.99. The van der Waals surface area contributed by atoms with Gasteiger partial charge in [-0.3, -0.25) is 9.78 Å². The van der Waals surface area contributed by atoms with E-state index in [4.69, 9.17) is 4.98 Å². The van der Waals surface area contributed by atoms with Crippen molar-refractivity contribution in [3.63, 3.8) is 0 Å². The zero-order valence-corrected chi connectivity index (χ0v) is 16.1. The largest absolute Gasteiger partial charge is 0.392 e. The van der Waals surface area contributed by atoms with Crippen molar-refractivity contribution < 1.29 is 9.90 Å². The van der Waals surface area contributed by atoms with Crippen LogP contribution < -0.4 is 5.32 Å². The van der Waals surface area contributed by atoms with Gasteiger partial charge >= 0.3 is 0 Å². The van der Waals surface area contributed by atoms with Gasteiger partial charge in [0.1, 0.15) is 5.82 Å². The van der Waals surface area contributed by atoms with Crippen LogP contribution in [0.1, 0.15) is 38.6 Å². The molecule has 0 spiro atoms. The van der Waals surface area contributed by atoms with Crippen molar-refractivity contribution in [3.05, 3.63) is 94.7 Å². The van der Waals surface area contributed by atoms with E-state index in [0.717, 1.165) is 33.3 Å². The van der Waals surface area contributed by atoms with E-state index in [1.807, 2.05) is 49.4 Å². The van der Waals surface area contributed by atoms with Gasteiger partial charge < -0.3 is 15.4 Å². The van der Waals surface area contributed by atoms with Crippen LogP contribution in [0.5, 0.6) is 0 Å². The predicted octanol–water partition coefficient (Wildman–Crippen LogP) is 3.28. The van der Waals surface area contributed by atoms with Gasteiger partial charge in [-0.1, -0.05) is 30.3 Å². The highest BCUT2D eigenvalue weighted by atomic mass is 16.3. The zero-order valence-electron chi connectivity index (χ0n) is 16.1. The van der Waals surface area contributed by atoms with Crippen LogP contribution in [0.15, 0.2) is 60.9 Å². The molecule has 0 aliphatic carbocycles. The van der Waals surface area contributed by atoms with Crippen LogP contribution in [-0.4, -0.2) is 26.0 Å². The standard InChI is InChI=1S/C23H22N4O2/c1-15-10-19(14-28)20-7-3-5-17(22(20)27-15)11-16-4-2-6-18(12-16)23(29)26-13-21-24-8-9-25-21/h2-10,12,28H,11,13-14H2,1H3,(H,24,25)(H,26,29). The fourth-order valence-electron chi connectivity index (χ4n) is 3.50. The summed E-state index contributed by atoms with van der Waals surface area (Å²) in [6.07, 6.45) is 4.03. The minimum Gasteiger partial charge on any atom is -0.392 e. The molecular weight excluding hydrogens is 364 g/mol. The van der Waals surface area contributed by atoms with Gasteiger partial charge in [-0.25, -0.2) is 4.98 Å². The summed E-state index contributed by atoms with van der Waals surface area (Å²) in [6, 6.07) is 15.5. The normalized spacial score (nSPS) is 11.0. The van der Waals surface area contributed by atoms with E-state index < -0.39 is 0 Å². The van der Waals surface area contributed by atoms with Crippen LogP contribution in [0.3, 0.4) is 0 Å². The number of amides is 1. The Kier molecular flexibility index (Phi) is 5.35. The number of aromatic nitrogens is 3. The van der Waals surface area contributed by atoms with Gasteiger partial charge in [0.25, 0.3) is 5.91 Å². The molecule has 6 heteroatoms. The number of aryl methyl sites for hydroxylation is 1. The van der Waals surface area contributed by atoms with Crippen LogP contribution >= 0.6 is 0 Å². The summed E-state index contributed by atoms with van der Waals surface area (Å²) in [6.45, 7) is 2.26. The fourth-order valence-corrected chi connectivity index (χ4v) is 3.50. The molecule has 0 aliphatic heterocycles. The lowest BCUT2D eigenvalue weighted by Crippen LogP contribution is -2.23. The second-order valence-electron chi connectivity index (χ2n) is 6.99. The van der Waals surface area contributed by atoms with Crippen LogP contribution in [0.25, 0.3) is 10.9 Å². The Morgan fingerprint density at radius 3 is 2.79 bits per heavy atom. The number of aromatic amines is 1. The molecule has 3 N–H and O–H groups in total. The predicted molar refractivity (Wildman–Crippen MR) is 111 cm³/mol. The molecule has 146 valence electrons. The van der Waals surface area contributed by atoms with Crippen LogP contribution in [0.4, 0.5) is 0 Å². The highest BCUT2D eigenvalue weighted by molar-refractivity contribution is 5.94. The molecule has 0 aliphatic rings. The van der Waals surface area contributed by atoms with Gasteiger partial charge in [0.2, 0.25) is 0 Å². The van der Waals surface area contributed by atoms with Gasteiger partial charge in [0.05, 0.1) is 18.7 Å². The number of nitrogens with one attached hydrogen (secondary N) is 2. The number of rotatable bonds is 6. The van der Waals surface area contributed by atoms with Crippen molar-refractivity contribution >= 4 is 16.8 Å². The maximum atomic E-state index is 12.5. The number of hydrogen-bond donors (Lipinski definition) is 3. The average Bonchev–Trinajstić information content (AvgIpc) is 3.26. The Bertz CT molecular complexity index is 1150. The molecule has 4 rings (SSSR count). The number of fused-ring (bicyclic) bond motifs is 1. The Morgan fingerprint density at radius 2 is 2.00 bits per heavy atom. The molecule has 2 aromatic carbocycles. The number of carbonyl (C=O) groups is 1. The number of aliphatic hydroxyl groups is 1. The molecule has 0 bridgehead atoms. The minimum atomic E-state index is -0.141. The third-order valence-electron chi connectivity index (χ3n) is 4.86. The smallest absolute Gasteiger partial charge is 0.251 e. The lowest BCUT2D eigenvalue weighted by molar-refractivity contribution is 0.0950. The number of carbonyl (C=O) groups excluding carboxylic acids is 1. The van der Waals surface area contributed by atoms with Gasteiger partial charge in [0, 0.05) is 29.0 Å². The molecule has 1 amide bonds. The minimum absolute atomic E-state index is 0.0192. The van der Waals surface area contributed by atoms with Crippen molar-refractivity contribution in [2.75, 3.05) is 0 Å². The first-order valence-electron chi connectivity index (χ1n) is 9.48. The number of pyridine rings is 1. The molecule has 0 saturated heterocycles. The lowest BCUT2D eigenvalue weighted by atomic mass is 9.98. The average molecular weight is 386 g/mol. The molecule has 2 heterocycles. The number of para-hydroxylation sites is 1. The van der Waals surface area contributed by atoms with Crippen molar-refractivity contribution in [1.29, 1.82) is 0 Å². The van der Waals surface area contributed by atoms with E-state index in [-0.39, 0.29) is 12.5 Å². The third-order valence-corrected chi connectivity index (χ3v) is 4.86. The van der Waals surface area contributed by atoms with Gasteiger partial charge in [-0.05, 0) is 48.2 Å². The highest BCUT2D eigenvalue weighted by Gasteiger charge is 2.11. The van der Waals surface area contributed by atoms with Gasteiger partial charge in [0.15, 0.2) is 0 Å². The zero-order chi connectivity index (χ0) is 20.2. The van der Waals surface area contributed by atoms with Crippen molar-refractivity contribution in [2.45, 2.75) is 26.5 Å². The SMILES string of the molecule is Cc1cc(CO)c2cccc(Cc3cccc(C(=O)NCc4ncc[nH]4)c3)c2n1. The van der Waals surface area contributed by atoms with Crippen molar-refractivity contribution in [1.82, 2.24) is 20.3 Å². The van der Waals surface area contributed by atoms with Gasteiger partial charge in [-0.2, -0.15) is 0 Å². The molecule has 2 aromatic heterocycles. The summed E-state index contributed by atoms with van der Waals surface area (Å²) in [7, 11) is 0. The summed E-state index contributed by atoms with van der Waals surface area (Å²) in [5.74, 6) is 0.573. The molecule has 6 nitrogen and oxygen atoms in total. The topological polar surface area (TPSA) is 90.9 Å². The summed E-state index contributed by atoms with van der Waals surface area (Å²) in [5.41, 5.74) is 5.34. The quantitative estimate of drug-likeness (QED) is 0.474. The number of aliphatic hydroxyl groups excluding tert-OH is 1. The number of imidazole rings is 1. The number of hydrogen-bond acceptors (Lipinski definition) is 4. The Hall–Kier alpha value is -3.51. The van der Waals surface area contributed by atoms with Gasteiger partial charge in [-0.15, -0.1) is 0 Å². The van der Waals surface area contributed by atoms with Crippen LogP contribution in [0.2, 0.25) is 0 Å². The first-order valence-corrected chi connectivity index (χ1v) is 9.48. The molecule has 29 heavy (non-hydrogen) atoms. The molecule has 4 aromatic rings. The van der Waals surface area contributed by atoms with E-state index in [1.165, 1.54) is 0 Å². The van der Waals surface area contributed by atoms with Crippen LogP contribution in [0, 0.1) is 6.92 Å². The van der Waals surface area contributed by atoms with Crippen molar-refractivity contribution in [2.24, 2.45) is 0 Å². The Balaban J connectivity index is 1.58. The second kappa shape index (κ2) is 8.24. The fraction of sp³-hybridized carbons (Fsp3) is 0.174. The van der Waals surface area contributed by atoms with E-state index in [2.05, 4.69) is 15.3 Å². The third kappa shape index (κ3) is 4.17. The van der Waals surface area contributed by atoms with E-state index in [9.17, 15) is 9.90 Å². The summed E-state index contributed by atoms with van der Waals surface area (Å²) < 4.78 is 0. The molecule has 0 fully saturated rings. The number of H-pyrrole nitrogens is 1. The molecule has 0 unspecified atom stereocenters. The first-order chi connectivity index (χ1) is 14.1. The lowest BCUT2D eigenvalue weighted by Gasteiger charge is -2.11. The van der Waals surface area contributed by atoms with E-state index in [1.54, 1.807) is 18.5 Å². The van der Waals surface area contributed by atoms with E-state index >= 15 is 0 Å². The highest BCUT2D eigenvalue weighted by Crippen LogP contribution is 2.24.